The predicted molar refractivity (Wildman–Crippen MR) is 99.2 cm³/mol. The Hall–Kier alpha value is -2.87. The number of benzene rings is 1. The molecule has 8 heteroatoms. The number of carbonyl (C=O) groups excluding carboxylic acids is 1. The number of aromatic nitrogens is 3. The van der Waals surface area contributed by atoms with Crippen molar-refractivity contribution in [3.63, 3.8) is 0 Å². The third-order valence-electron chi connectivity index (χ3n) is 3.57. The Balaban J connectivity index is 1.67. The predicted octanol–water partition coefficient (Wildman–Crippen LogP) is 3.57. The Morgan fingerprint density at radius 1 is 1.31 bits per heavy atom. The molecule has 0 radical (unpaired) electrons. The average Bonchev–Trinajstić information content (AvgIpc) is 3.11. The van der Waals surface area contributed by atoms with Crippen molar-refractivity contribution in [2.24, 2.45) is 0 Å². The molecular formula is C18H18N4O3S. The highest BCUT2D eigenvalue weighted by Gasteiger charge is 2.20. The first-order valence-electron chi connectivity index (χ1n) is 7.93. The maximum Gasteiger partial charge on any atom is 0.277 e. The molecule has 1 atom stereocenters. The minimum Gasteiger partial charge on any atom is -0.495 e. The van der Waals surface area contributed by atoms with Crippen LogP contribution in [0, 0.1) is 6.92 Å². The molecular weight excluding hydrogens is 352 g/mol. The fraction of sp³-hybridized carbons (Fsp3) is 0.222. The fourth-order valence-corrected chi connectivity index (χ4v) is 2.91. The van der Waals surface area contributed by atoms with Gasteiger partial charge in [0.1, 0.15) is 5.75 Å². The van der Waals surface area contributed by atoms with Crippen LogP contribution >= 0.6 is 11.8 Å². The Bertz CT molecular complexity index is 898. The van der Waals surface area contributed by atoms with Crippen molar-refractivity contribution in [3.8, 4) is 17.2 Å². The number of nitrogens with one attached hydrogen (secondary N) is 1. The van der Waals surface area contributed by atoms with Gasteiger partial charge in [-0.05, 0) is 43.7 Å². The molecule has 3 aromatic rings. The molecule has 1 amide bonds. The summed E-state index contributed by atoms with van der Waals surface area (Å²) in [4.78, 5) is 16.5. The van der Waals surface area contributed by atoms with E-state index < -0.39 is 5.25 Å². The minimum atomic E-state index is -0.428. The van der Waals surface area contributed by atoms with Crippen molar-refractivity contribution in [3.05, 3.63) is 48.3 Å². The van der Waals surface area contributed by atoms with Crippen LogP contribution in [-0.4, -0.2) is 33.4 Å². The largest absolute Gasteiger partial charge is 0.495 e. The highest BCUT2D eigenvalue weighted by Crippen LogP contribution is 2.29. The van der Waals surface area contributed by atoms with E-state index in [1.807, 2.05) is 31.2 Å². The number of rotatable bonds is 6. The van der Waals surface area contributed by atoms with E-state index in [-0.39, 0.29) is 5.91 Å². The summed E-state index contributed by atoms with van der Waals surface area (Å²) >= 11 is 1.19. The second-order valence-electron chi connectivity index (χ2n) is 5.57. The molecule has 0 saturated heterocycles. The Kier molecular flexibility index (Phi) is 5.52. The van der Waals surface area contributed by atoms with Gasteiger partial charge in [-0.25, -0.2) is 0 Å². The molecule has 0 aliphatic heterocycles. The lowest BCUT2D eigenvalue weighted by atomic mass is 10.2. The van der Waals surface area contributed by atoms with Crippen LogP contribution in [0.3, 0.4) is 0 Å². The second-order valence-corrected chi connectivity index (χ2v) is 6.86. The maximum atomic E-state index is 12.5. The van der Waals surface area contributed by atoms with E-state index in [0.29, 0.717) is 22.6 Å². The smallest absolute Gasteiger partial charge is 0.277 e. The normalized spacial score (nSPS) is 11.8. The Morgan fingerprint density at radius 2 is 2.15 bits per heavy atom. The van der Waals surface area contributed by atoms with Gasteiger partial charge in [0.05, 0.1) is 23.6 Å². The number of ether oxygens (including phenoxy) is 1. The van der Waals surface area contributed by atoms with Gasteiger partial charge in [-0.2, -0.15) is 0 Å². The van der Waals surface area contributed by atoms with Gasteiger partial charge < -0.3 is 14.5 Å². The van der Waals surface area contributed by atoms with Crippen LogP contribution in [-0.2, 0) is 4.79 Å². The topological polar surface area (TPSA) is 90.1 Å². The zero-order valence-electron chi connectivity index (χ0n) is 14.6. The van der Waals surface area contributed by atoms with Crippen LogP contribution in [0.15, 0.2) is 52.4 Å². The van der Waals surface area contributed by atoms with Gasteiger partial charge in [0.2, 0.25) is 11.8 Å². The van der Waals surface area contributed by atoms with Gasteiger partial charge in [0.15, 0.2) is 0 Å². The first-order valence-corrected chi connectivity index (χ1v) is 8.81. The third-order valence-corrected chi connectivity index (χ3v) is 4.51. The first-order chi connectivity index (χ1) is 12.6. The number of nitrogens with zero attached hydrogens (tertiary/aromatic N) is 3. The summed E-state index contributed by atoms with van der Waals surface area (Å²) in [5.74, 6) is 0.798. The molecule has 0 bridgehead atoms. The van der Waals surface area contributed by atoms with E-state index in [1.54, 1.807) is 32.5 Å². The minimum absolute atomic E-state index is 0.181. The van der Waals surface area contributed by atoms with E-state index in [2.05, 4.69) is 20.5 Å². The van der Waals surface area contributed by atoms with Gasteiger partial charge in [-0.15, -0.1) is 10.2 Å². The molecule has 2 aromatic heterocycles. The number of methoxy groups -OCH3 is 1. The SMILES string of the molecule is COc1ccc(C)cc1NC(=O)C(C)Sc1nnc(-c2cccnc2)o1. The molecule has 0 saturated carbocycles. The molecule has 0 spiro atoms. The molecule has 7 nitrogen and oxygen atoms in total. The van der Waals surface area contributed by atoms with Crippen LogP contribution < -0.4 is 10.1 Å². The van der Waals surface area contributed by atoms with Crippen LogP contribution in [0.2, 0.25) is 0 Å². The molecule has 1 unspecified atom stereocenters. The second kappa shape index (κ2) is 8.01. The summed E-state index contributed by atoms with van der Waals surface area (Å²) in [6.45, 7) is 3.72. The summed E-state index contributed by atoms with van der Waals surface area (Å²) in [6.07, 6.45) is 3.31. The van der Waals surface area contributed by atoms with Crippen molar-refractivity contribution in [1.82, 2.24) is 15.2 Å². The van der Waals surface area contributed by atoms with E-state index in [1.165, 1.54) is 11.8 Å². The van der Waals surface area contributed by atoms with Gasteiger partial charge >= 0.3 is 0 Å². The van der Waals surface area contributed by atoms with E-state index in [4.69, 9.17) is 9.15 Å². The summed E-state index contributed by atoms with van der Waals surface area (Å²) < 4.78 is 10.9. The number of hydrogen-bond acceptors (Lipinski definition) is 7. The number of amides is 1. The third kappa shape index (κ3) is 4.20. The van der Waals surface area contributed by atoms with E-state index >= 15 is 0 Å². The lowest BCUT2D eigenvalue weighted by Gasteiger charge is -2.13. The molecule has 2 heterocycles. The molecule has 0 aliphatic carbocycles. The maximum absolute atomic E-state index is 12.5. The number of aryl methyl sites for hydroxylation is 1. The first kappa shape index (κ1) is 17.9. The molecule has 0 fully saturated rings. The highest BCUT2D eigenvalue weighted by atomic mass is 32.2. The molecule has 134 valence electrons. The van der Waals surface area contributed by atoms with Crippen molar-refractivity contribution >= 4 is 23.4 Å². The van der Waals surface area contributed by atoms with E-state index in [0.717, 1.165) is 11.1 Å². The standard InChI is InChI=1S/C18H18N4O3S/c1-11-6-7-15(24-3)14(9-11)20-16(23)12(2)26-18-22-21-17(25-18)13-5-4-8-19-10-13/h4-10,12H,1-3H3,(H,20,23). The number of carbonyl (C=O) groups is 1. The van der Waals surface area contributed by atoms with Crippen LogP contribution in [0.1, 0.15) is 12.5 Å². The fourth-order valence-electron chi connectivity index (χ4n) is 2.22. The number of hydrogen-bond donors (Lipinski definition) is 1. The Labute approximate surface area is 155 Å². The summed E-state index contributed by atoms with van der Waals surface area (Å²) in [5, 5.41) is 10.7. The van der Waals surface area contributed by atoms with Gasteiger partial charge in [0.25, 0.3) is 5.22 Å². The lowest BCUT2D eigenvalue weighted by Crippen LogP contribution is -2.22. The van der Waals surface area contributed by atoms with Crippen LogP contribution in [0.5, 0.6) is 5.75 Å². The monoisotopic (exact) mass is 370 g/mol. The molecule has 1 aromatic carbocycles. The number of anilines is 1. The van der Waals surface area contributed by atoms with Crippen molar-refractivity contribution in [2.75, 3.05) is 12.4 Å². The van der Waals surface area contributed by atoms with Gasteiger partial charge in [0, 0.05) is 12.4 Å². The molecule has 0 aliphatic rings. The summed E-state index contributed by atoms with van der Waals surface area (Å²) in [7, 11) is 1.57. The quantitative estimate of drug-likeness (QED) is 0.663. The molecule has 3 rings (SSSR count). The molecule has 1 N–H and O–H groups in total. The van der Waals surface area contributed by atoms with Crippen molar-refractivity contribution < 1.29 is 13.9 Å². The number of pyridine rings is 1. The number of thioether (sulfide) groups is 1. The summed E-state index contributed by atoms with van der Waals surface area (Å²) in [6, 6.07) is 9.22. The summed E-state index contributed by atoms with van der Waals surface area (Å²) in [5.41, 5.74) is 2.39. The zero-order chi connectivity index (χ0) is 18.5. The average molecular weight is 370 g/mol. The van der Waals surface area contributed by atoms with Gasteiger partial charge in [-0.3, -0.25) is 9.78 Å². The van der Waals surface area contributed by atoms with Crippen molar-refractivity contribution in [2.45, 2.75) is 24.3 Å². The molecule has 26 heavy (non-hydrogen) atoms. The van der Waals surface area contributed by atoms with Gasteiger partial charge in [-0.1, -0.05) is 17.8 Å². The zero-order valence-corrected chi connectivity index (χ0v) is 15.4. The highest BCUT2D eigenvalue weighted by molar-refractivity contribution is 8.00. The van der Waals surface area contributed by atoms with Crippen molar-refractivity contribution in [1.29, 1.82) is 0 Å². The van der Waals surface area contributed by atoms with Crippen LogP contribution in [0.4, 0.5) is 5.69 Å². The lowest BCUT2D eigenvalue weighted by molar-refractivity contribution is -0.115. The Morgan fingerprint density at radius 3 is 2.88 bits per heavy atom. The van der Waals surface area contributed by atoms with E-state index in [9.17, 15) is 4.79 Å². The van der Waals surface area contributed by atoms with Crippen LogP contribution in [0.25, 0.3) is 11.5 Å².